The first kappa shape index (κ1) is 15.1. The molecular formula is C16H22N4O. The number of benzene rings is 1. The number of carbonyl (C=O) groups excluding carboxylic acids is 1. The molecule has 21 heavy (non-hydrogen) atoms. The van der Waals surface area contributed by atoms with Gasteiger partial charge in [0, 0.05) is 36.6 Å². The molecule has 0 saturated heterocycles. The lowest BCUT2D eigenvalue weighted by Gasteiger charge is -2.16. The summed E-state index contributed by atoms with van der Waals surface area (Å²) in [6.45, 7) is 6.64. The Balaban J connectivity index is 2.12. The second kappa shape index (κ2) is 6.43. The van der Waals surface area contributed by atoms with Gasteiger partial charge in [-0.3, -0.25) is 9.48 Å². The van der Waals surface area contributed by atoms with E-state index in [2.05, 4.69) is 22.7 Å². The first-order chi connectivity index (χ1) is 10.0. The lowest BCUT2D eigenvalue weighted by Crippen LogP contribution is -2.22. The summed E-state index contributed by atoms with van der Waals surface area (Å²) in [6.07, 6.45) is 3.85. The molecule has 5 nitrogen and oxygen atoms in total. The van der Waals surface area contributed by atoms with Gasteiger partial charge in [0.25, 0.3) is 5.91 Å². The van der Waals surface area contributed by atoms with Gasteiger partial charge >= 0.3 is 0 Å². The van der Waals surface area contributed by atoms with E-state index in [0.717, 1.165) is 16.8 Å². The van der Waals surface area contributed by atoms with Crippen LogP contribution in [0.1, 0.15) is 41.4 Å². The number of aromatic nitrogens is 2. The summed E-state index contributed by atoms with van der Waals surface area (Å²) in [7, 11) is 1.91. The third-order valence-corrected chi connectivity index (χ3v) is 3.42. The van der Waals surface area contributed by atoms with Crippen LogP contribution in [0, 0.1) is 6.92 Å². The smallest absolute Gasteiger partial charge is 0.251 e. The second-order valence-electron chi connectivity index (χ2n) is 5.20. The number of aryl methyl sites for hydroxylation is 2. The average molecular weight is 286 g/mol. The van der Waals surface area contributed by atoms with E-state index in [9.17, 15) is 4.79 Å². The van der Waals surface area contributed by atoms with Crippen molar-refractivity contribution in [3.63, 3.8) is 0 Å². The van der Waals surface area contributed by atoms with Gasteiger partial charge in [0.1, 0.15) is 0 Å². The normalized spacial score (nSPS) is 12.0. The minimum Gasteiger partial charge on any atom is -0.378 e. The van der Waals surface area contributed by atoms with Crippen LogP contribution in [0.2, 0.25) is 0 Å². The first-order valence-electron chi connectivity index (χ1n) is 7.15. The number of hydrogen-bond acceptors (Lipinski definition) is 3. The van der Waals surface area contributed by atoms with E-state index in [4.69, 9.17) is 0 Å². The number of carbonyl (C=O) groups is 1. The van der Waals surface area contributed by atoms with Gasteiger partial charge in [-0.25, -0.2) is 0 Å². The zero-order chi connectivity index (χ0) is 15.4. The predicted octanol–water partition coefficient (Wildman–Crippen LogP) is 2.65. The van der Waals surface area contributed by atoms with Crippen molar-refractivity contribution in [2.45, 2.75) is 26.8 Å². The summed E-state index contributed by atoms with van der Waals surface area (Å²) < 4.78 is 1.79. The van der Waals surface area contributed by atoms with Crippen molar-refractivity contribution in [1.29, 1.82) is 0 Å². The van der Waals surface area contributed by atoms with Crippen LogP contribution in [0.25, 0.3) is 0 Å². The van der Waals surface area contributed by atoms with E-state index in [1.165, 1.54) is 0 Å². The highest BCUT2D eigenvalue weighted by atomic mass is 16.1. The Hall–Kier alpha value is -2.30. The molecule has 5 heteroatoms. The quantitative estimate of drug-likeness (QED) is 0.888. The molecule has 0 saturated carbocycles. The summed E-state index contributed by atoms with van der Waals surface area (Å²) in [6, 6.07) is 5.86. The molecule has 1 amide bonds. The number of amides is 1. The van der Waals surface area contributed by atoms with Gasteiger partial charge < -0.3 is 10.6 Å². The average Bonchev–Trinajstić information content (AvgIpc) is 2.88. The van der Waals surface area contributed by atoms with Crippen LogP contribution in [0.15, 0.2) is 30.6 Å². The molecule has 0 aliphatic carbocycles. The molecule has 2 aromatic rings. The summed E-state index contributed by atoms with van der Waals surface area (Å²) in [5.41, 5.74) is 3.90. The molecule has 112 valence electrons. The van der Waals surface area contributed by atoms with Crippen LogP contribution in [-0.2, 0) is 7.05 Å². The molecule has 0 fully saturated rings. The zero-order valence-corrected chi connectivity index (χ0v) is 13.0. The van der Waals surface area contributed by atoms with E-state index < -0.39 is 0 Å². The second-order valence-corrected chi connectivity index (χ2v) is 5.20. The Morgan fingerprint density at radius 3 is 2.76 bits per heavy atom. The molecule has 1 aromatic carbocycles. The Morgan fingerprint density at radius 1 is 1.43 bits per heavy atom. The largest absolute Gasteiger partial charge is 0.378 e. The minimum absolute atomic E-state index is 0.0348. The molecule has 2 N–H and O–H groups in total. The first-order valence-corrected chi connectivity index (χ1v) is 7.15. The SMILES string of the molecule is CCNC(=O)c1ccc(NC(C)c2cnn(C)c2)c(C)c1. The molecule has 0 aliphatic heterocycles. The van der Waals surface area contributed by atoms with E-state index in [-0.39, 0.29) is 11.9 Å². The van der Waals surface area contributed by atoms with Crippen molar-refractivity contribution >= 4 is 11.6 Å². The lowest BCUT2D eigenvalue weighted by molar-refractivity contribution is 0.0956. The minimum atomic E-state index is -0.0348. The fourth-order valence-electron chi connectivity index (χ4n) is 2.21. The maximum atomic E-state index is 11.8. The molecule has 1 heterocycles. The third kappa shape index (κ3) is 3.62. The third-order valence-electron chi connectivity index (χ3n) is 3.42. The highest BCUT2D eigenvalue weighted by Crippen LogP contribution is 2.22. The number of nitrogens with one attached hydrogen (secondary N) is 2. The van der Waals surface area contributed by atoms with Gasteiger partial charge in [-0.05, 0) is 44.5 Å². The fraction of sp³-hybridized carbons (Fsp3) is 0.375. The molecule has 2 rings (SSSR count). The van der Waals surface area contributed by atoms with Crippen molar-refractivity contribution in [3.05, 3.63) is 47.3 Å². The Kier molecular flexibility index (Phi) is 4.62. The zero-order valence-electron chi connectivity index (χ0n) is 13.0. The lowest BCUT2D eigenvalue weighted by atomic mass is 10.1. The van der Waals surface area contributed by atoms with E-state index >= 15 is 0 Å². The van der Waals surface area contributed by atoms with Crippen LogP contribution in [-0.4, -0.2) is 22.2 Å². The summed E-state index contributed by atoms with van der Waals surface area (Å²) in [4.78, 5) is 11.8. The molecule has 0 aliphatic rings. The van der Waals surface area contributed by atoms with E-state index in [1.807, 2.05) is 51.5 Å². The standard InChI is InChI=1S/C16H22N4O/c1-5-17-16(21)13-6-7-15(11(2)8-13)19-12(3)14-9-18-20(4)10-14/h6-10,12,19H,5H2,1-4H3,(H,17,21). The molecule has 0 spiro atoms. The van der Waals surface area contributed by atoms with Gasteiger partial charge in [-0.15, -0.1) is 0 Å². The van der Waals surface area contributed by atoms with Gasteiger partial charge in [0.15, 0.2) is 0 Å². The molecule has 0 bridgehead atoms. The maximum Gasteiger partial charge on any atom is 0.251 e. The summed E-state index contributed by atoms with van der Waals surface area (Å²) in [5.74, 6) is -0.0348. The fourth-order valence-corrected chi connectivity index (χ4v) is 2.21. The van der Waals surface area contributed by atoms with Crippen molar-refractivity contribution in [1.82, 2.24) is 15.1 Å². The molecule has 1 atom stereocenters. The highest BCUT2D eigenvalue weighted by Gasteiger charge is 2.11. The van der Waals surface area contributed by atoms with Crippen molar-refractivity contribution < 1.29 is 4.79 Å². The molecule has 1 aromatic heterocycles. The number of hydrogen-bond donors (Lipinski definition) is 2. The van der Waals surface area contributed by atoms with Gasteiger partial charge in [0.2, 0.25) is 0 Å². The van der Waals surface area contributed by atoms with Crippen LogP contribution < -0.4 is 10.6 Å². The van der Waals surface area contributed by atoms with Crippen molar-refractivity contribution in [2.24, 2.45) is 7.05 Å². The van der Waals surface area contributed by atoms with E-state index in [0.29, 0.717) is 12.1 Å². The Morgan fingerprint density at radius 2 is 2.19 bits per heavy atom. The summed E-state index contributed by atoms with van der Waals surface area (Å²) in [5, 5.41) is 10.4. The van der Waals surface area contributed by atoms with Crippen LogP contribution >= 0.6 is 0 Å². The summed E-state index contributed by atoms with van der Waals surface area (Å²) >= 11 is 0. The number of nitrogens with zero attached hydrogens (tertiary/aromatic N) is 2. The predicted molar refractivity (Wildman–Crippen MR) is 84.4 cm³/mol. The van der Waals surface area contributed by atoms with Gasteiger partial charge in [-0.2, -0.15) is 5.10 Å². The number of anilines is 1. The molecule has 1 unspecified atom stereocenters. The molecule has 0 radical (unpaired) electrons. The highest BCUT2D eigenvalue weighted by molar-refractivity contribution is 5.94. The van der Waals surface area contributed by atoms with Crippen LogP contribution in [0.5, 0.6) is 0 Å². The van der Waals surface area contributed by atoms with Gasteiger partial charge in [-0.1, -0.05) is 0 Å². The van der Waals surface area contributed by atoms with Crippen LogP contribution in [0.4, 0.5) is 5.69 Å². The van der Waals surface area contributed by atoms with E-state index in [1.54, 1.807) is 4.68 Å². The molecular weight excluding hydrogens is 264 g/mol. The van der Waals surface area contributed by atoms with Crippen molar-refractivity contribution in [3.8, 4) is 0 Å². The van der Waals surface area contributed by atoms with Crippen molar-refractivity contribution in [2.75, 3.05) is 11.9 Å². The monoisotopic (exact) mass is 286 g/mol. The topological polar surface area (TPSA) is 59.0 Å². The Bertz CT molecular complexity index is 633. The Labute approximate surface area is 125 Å². The maximum absolute atomic E-state index is 11.8. The van der Waals surface area contributed by atoms with Gasteiger partial charge in [0.05, 0.1) is 12.2 Å². The van der Waals surface area contributed by atoms with Crippen LogP contribution in [0.3, 0.4) is 0 Å². The number of rotatable bonds is 5.